The summed E-state index contributed by atoms with van der Waals surface area (Å²) in [7, 11) is 0. The Morgan fingerprint density at radius 2 is 0.773 bits per heavy atom. The van der Waals surface area contributed by atoms with E-state index in [0.717, 1.165) is 51.4 Å². The van der Waals surface area contributed by atoms with E-state index in [1.165, 1.54) is 38.5 Å². The van der Waals surface area contributed by atoms with Gasteiger partial charge in [-0.05, 0) is 51.4 Å². The minimum atomic E-state index is -0.674. The zero-order valence-electron chi connectivity index (χ0n) is 13.7. The lowest BCUT2D eigenvalue weighted by Crippen LogP contribution is -2.29. The van der Waals surface area contributed by atoms with Crippen LogP contribution in [-0.2, 0) is 0 Å². The van der Waals surface area contributed by atoms with Gasteiger partial charge in [-0.3, -0.25) is 0 Å². The lowest BCUT2D eigenvalue weighted by Gasteiger charge is -2.27. The van der Waals surface area contributed by atoms with Crippen molar-refractivity contribution in [1.29, 1.82) is 10.5 Å². The SMILES string of the molecule is N#CC1(N=NC2(C#N)CCCCCCC2)CCCCCCC1. The minimum absolute atomic E-state index is 0.674. The quantitative estimate of drug-likeness (QED) is 0.636. The van der Waals surface area contributed by atoms with Gasteiger partial charge in [0.2, 0.25) is 0 Å². The van der Waals surface area contributed by atoms with Crippen LogP contribution in [0.25, 0.3) is 0 Å². The molecule has 0 bridgehead atoms. The fourth-order valence-electron chi connectivity index (χ4n) is 3.64. The Labute approximate surface area is 134 Å². The highest BCUT2D eigenvalue weighted by molar-refractivity contribution is 5.11. The first kappa shape index (κ1) is 16.9. The van der Waals surface area contributed by atoms with Crippen LogP contribution in [0.4, 0.5) is 0 Å². The van der Waals surface area contributed by atoms with E-state index >= 15 is 0 Å². The fraction of sp³-hybridized carbons (Fsp3) is 0.889. The maximum atomic E-state index is 9.66. The second kappa shape index (κ2) is 8.28. The van der Waals surface area contributed by atoms with E-state index in [-0.39, 0.29) is 0 Å². The average Bonchev–Trinajstić information content (AvgIpc) is 2.49. The molecule has 4 heteroatoms. The molecule has 4 nitrogen and oxygen atoms in total. The molecule has 0 amide bonds. The number of hydrogen-bond donors (Lipinski definition) is 0. The number of hydrogen-bond acceptors (Lipinski definition) is 4. The molecule has 0 radical (unpaired) electrons. The topological polar surface area (TPSA) is 72.3 Å². The summed E-state index contributed by atoms with van der Waals surface area (Å²) in [6, 6.07) is 4.85. The third kappa shape index (κ3) is 4.54. The predicted molar refractivity (Wildman–Crippen MR) is 86.2 cm³/mol. The zero-order valence-corrected chi connectivity index (χ0v) is 13.7. The standard InChI is InChI=1S/C18H28N4/c19-15-17(11-7-3-1-4-8-12-17)21-22-18(16-20)13-9-5-2-6-10-14-18/h1-14H2. The van der Waals surface area contributed by atoms with Crippen molar-refractivity contribution in [2.24, 2.45) is 10.2 Å². The molecule has 0 N–H and O–H groups in total. The Morgan fingerprint density at radius 1 is 0.500 bits per heavy atom. The highest BCUT2D eigenvalue weighted by Gasteiger charge is 2.34. The van der Waals surface area contributed by atoms with Crippen molar-refractivity contribution in [1.82, 2.24) is 0 Å². The molecule has 0 spiro atoms. The van der Waals surface area contributed by atoms with E-state index in [2.05, 4.69) is 22.4 Å². The number of azo groups is 1. The first-order chi connectivity index (χ1) is 10.7. The van der Waals surface area contributed by atoms with Gasteiger partial charge in [0.05, 0.1) is 12.1 Å². The van der Waals surface area contributed by atoms with Gasteiger partial charge in [0.15, 0.2) is 11.1 Å². The second-order valence-electron chi connectivity index (χ2n) is 7.02. The Balaban J connectivity index is 2.13. The highest BCUT2D eigenvalue weighted by Crippen LogP contribution is 2.34. The molecule has 0 unspecified atom stereocenters. The van der Waals surface area contributed by atoms with E-state index < -0.39 is 11.1 Å². The Hall–Kier alpha value is -1.42. The van der Waals surface area contributed by atoms with Crippen LogP contribution >= 0.6 is 0 Å². The molecule has 0 atom stereocenters. The van der Waals surface area contributed by atoms with Gasteiger partial charge in [0, 0.05) is 0 Å². The van der Waals surface area contributed by atoms with Crippen LogP contribution in [0.5, 0.6) is 0 Å². The van der Waals surface area contributed by atoms with Gasteiger partial charge in [-0.15, -0.1) is 0 Å². The first-order valence-corrected chi connectivity index (χ1v) is 9.01. The van der Waals surface area contributed by atoms with E-state index in [1.807, 2.05) is 0 Å². The second-order valence-corrected chi connectivity index (χ2v) is 7.02. The monoisotopic (exact) mass is 300 g/mol. The molecule has 2 aliphatic rings. The predicted octanol–water partition coefficient (Wildman–Crippen LogP) is 5.45. The van der Waals surface area contributed by atoms with Crippen LogP contribution in [0.15, 0.2) is 10.2 Å². The van der Waals surface area contributed by atoms with Crippen molar-refractivity contribution in [2.45, 2.75) is 101 Å². The van der Waals surface area contributed by atoms with Gasteiger partial charge >= 0.3 is 0 Å². The smallest absolute Gasteiger partial charge is 0.167 e. The molecule has 120 valence electrons. The summed E-state index contributed by atoms with van der Waals surface area (Å²) in [5, 5.41) is 28.3. The number of rotatable bonds is 2. The summed E-state index contributed by atoms with van der Waals surface area (Å²) in [6.45, 7) is 0. The fourth-order valence-corrected chi connectivity index (χ4v) is 3.64. The maximum absolute atomic E-state index is 9.66. The molecule has 0 heterocycles. The first-order valence-electron chi connectivity index (χ1n) is 9.01. The largest absolute Gasteiger partial charge is 0.196 e. The molecule has 2 fully saturated rings. The molecule has 2 aliphatic carbocycles. The lowest BCUT2D eigenvalue weighted by molar-refractivity contribution is 0.331. The van der Waals surface area contributed by atoms with Crippen LogP contribution in [0.3, 0.4) is 0 Å². The third-order valence-corrected chi connectivity index (χ3v) is 5.21. The van der Waals surface area contributed by atoms with Gasteiger partial charge in [-0.25, -0.2) is 0 Å². The van der Waals surface area contributed by atoms with E-state index in [1.54, 1.807) is 0 Å². The van der Waals surface area contributed by atoms with Crippen molar-refractivity contribution in [2.75, 3.05) is 0 Å². The minimum Gasteiger partial charge on any atom is -0.196 e. The van der Waals surface area contributed by atoms with Gasteiger partial charge in [0.1, 0.15) is 0 Å². The summed E-state index contributed by atoms with van der Waals surface area (Å²) in [4.78, 5) is 0. The van der Waals surface area contributed by atoms with Crippen molar-refractivity contribution in [3.05, 3.63) is 0 Å². The average molecular weight is 300 g/mol. The Bertz CT molecular complexity index is 397. The normalized spacial score (nSPS) is 25.9. The van der Waals surface area contributed by atoms with Crippen molar-refractivity contribution < 1.29 is 0 Å². The molecule has 0 aromatic heterocycles. The van der Waals surface area contributed by atoms with E-state index in [0.29, 0.717) is 0 Å². The molecular formula is C18H28N4. The molecular weight excluding hydrogens is 272 g/mol. The number of nitriles is 2. The van der Waals surface area contributed by atoms with Crippen molar-refractivity contribution in [3.8, 4) is 12.1 Å². The van der Waals surface area contributed by atoms with Gasteiger partial charge in [-0.1, -0.05) is 38.5 Å². The summed E-state index contributed by atoms with van der Waals surface area (Å²) >= 11 is 0. The summed E-state index contributed by atoms with van der Waals surface area (Å²) in [5.74, 6) is 0. The maximum Gasteiger partial charge on any atom is 0.167 e. The van der Waals surface area contributed by atoms with Crippen molar-refractivity contribution >= 4 is 0 Å². The van der Waals surface area contributed by atoms with Gasteiger partial charge in [-0.2, -0.15) is 20.8 Å². The highest BCUT2D eigenvalue weighted by atomic mass is 15.2. The molecule has 22 heavy (non-hydrogen) atoms. The summed E-state index contributed by atoms with van der Waals surface area (Å²) in [6.07, 6.45) is 14.7. The third-order valence-electron chi connectivity index (χ3n) is 5.21. The molecule has 2 saturated carbocycles. The zero-order chi connectivity index (χ0) is 15.7. The molecule has 0 aromatic rings. The molecule has 0 saturated heterocycles. The van der Waals surface area contributed by atoms with E-state index in [4.69, 9.17) is 0 Å². The number of nitrogens with zero attached hydrogens (tertiary/aromatic N) is 4. The van der Waals surface area contributed by atoms with Crippen LogP contribution in [0.1, 0.15) is 89.9 Å². The van der Waals surface area contributed by atoms with Crippen molar-refractivity contribution in [3.63, 3.8) is 0 Å². The Morgan fingerprint density at radius 3 is 1.05 bits per heavy atom. The Kier molecular flexibility index (Phi) is 6.37. The van der Waals surface area contributed by atoms with Crippen LogP contribution < -0.4 is 0 Å². The summed E-state index contributed by atoms with van der Waals surface area (Å²) < 4.78 is 0. The summed E-state index contributed by atoms with van der Waals surface area (Å²) in [5.41, 5.74) is -1.35. The molecule has 2 rings (SSSR count). The molecule has 0 aliphatic heterocycles. The van der Waals surface area contributed by atoms with Crippen LogP contribution in [-0.4, -0.2) is 11.1 Å². The molecule has 0 aromatic carbocycles. The van der Waals surface area contributed by atoms with E-state index in [9.17, 15) is 10.5 Å². The van der Waals surface area contributed by atoms with Crippen LogP contribution in [0, 0.1) is 22.7 Å². The van der Waals surface area contributed by atoms with Gasteiger partial charge < -0.3 is 0 Å². The van der Waals surface area contributed by atoms with Gasteiger partial charge in [0.25, 0.3) is 0 Å². The lowest BCUT2D eigenvalue weighted by atomic mass is 9.85. The van der Waals surface area contributed by atoms with Crippen LogP contribution in [0.2, 0.25) is 0 Å².